The molecule has 0 aliphatic heterocycles. The number of nitrogens with zero attached hydrogens (tertiary/aromatic N) is 3. The van der Waals surface area contributed by atoms with Gasteiger partial charge in [-0.15, -0.1) is 0 Å². The molecule has 0 amide bonds. The minimum Gasteiger partial charge on any atom is -0.456 e. The Hall–Kier alpha value is -6.65. The van der Waals surface area contributed by atoms with Crippen LogP contribution in [0.4, 0.5) is 0 Å². The molecule has 0 unspecified atom stereocenters. The highest BCUT2D eigenvalue weighted by Crippen LogP contribution is 2.40. The maximum Gasteiger partial charge on any atom is 0.160 e. The van der Waals surface area contributed by atoms with E-state index in [9.17, 15) is 0 Å². The summed E-state index contributed by atoms with van der Waals surface area (Å²) in [5, 5.41) is 2.21. The highest BCUT2D eigenvalue weighted by molar-refractivity contribution is 6.12. The number of benzene rings is 6. The summed E-state index contributed by atoms with van der Waals surface area (Å²) in [6.07, 6.45) is 3.68. The maximum absolute atomic E-state index is 6.29. The van der Waals surface area contributed by atoms with E-state index in [0.29, 0.717) is 5.82 Å². The average Bonchev–Trinajstić information content (AvgIpc) is 3.58. The molecule has 0 bridgehead atoms. The fourth-order valence-corrected chi connectivity index (χ4v) is 6.59. The number of hydrogen-bond acceptors (Lipinski definition) is 4. The predicted molar refractivity (Wildman–Crippen MR) is 200 cm³/mol. The van der Waals surface area contributed by atoms with Crippen molar-refractivity contribution in [1.82, 2.24) is 15.0 Å². The Morgan fingerprint density at radius 1 is 0.388 bits per heavy atom. The van der Waals surface area contributed by atoms with E-state index in [1.807, 2.05) is 48.7 Å². The van der Waals surface area contributed by atoms with Gasteiger partial charge in [-0.3, -0.25) is 4.98 Å². The molecule has 230 valence electrons. The molecule has 4 heteroatoms. The number of hydrogen-bond donors (Lipinski definition) is 0. The summed E-state index contributed by atoms with van der Waals surface area (Å²) in [7, 11) is 0. The Kier molecular flexibility index (Phi) is 7.10. The summed E-state index contributed by atoms with van der Waals surface area (Å²) in [6.45, 7) is 0. The van der Waals surface area contributed by atoms with Gasteiger partial charge in [0.05, 0.1) is 11.4 Å². The van der Waals surface area contributed by atoms with E-state index in [0.717, 1.165) is 83.4 Å². The van der Waals surface area contributed by atoms with Gasteiger partial charge in [-0.2, -0.15) is 0 Å². The molecule has 0 spiro atoms. The molecule has 0 saturated heterocycles. The number of furan rings is 1. The molecule has 3 aromatic heterocycles. The maximum atomic E-state index is 6.29. The van der Waals surface area contributed by atoms with Crippen molar-refractivity contribution in [3.8, 4) is 67.3 Å². The molecule has 0 saturated carbocycles. The number of aromatic nitrogens is 3. The Balaban J connectivity index is 1.28. The summed E-state index contributed by atoms with van der Waals surface area (Å²) in [6, 6.07) is 56.6. The lowest BCUT2D eigenvalue weighted by molar-refractivity contribution is 0.669. The van der Waals surface area contributed by atoms with Crippen LogP contribution in [0, 0.1) is 0 Å². The van der Waals surface area contributed by atoms with Gasteiger partial charge in [0, 0.05) is 45.4 Å². The number of rotatable bonds is 6. The lowest BCUT2D eigenvalue weighted by Gasteiger charge is -2.14. The summed E-state index contributed by atoms with van der Waals surface area (Å²) >= 11 is 0. The summed E-state index contributed by atoms with van der Waals surface area (Å²) in [5.41, 5.74) is 13.0. The van der Waals surface area contributed by atoms with Crippen molar-refractivity contribution in [1.29, 1.82) is 0 Å². The van der Waals surface area contributed by atoms with E-state index in [1.54, 1.807) is 6.20 Å². The quantitative estimate of drug-likeness (QED) is 0.184. The van der Waals surface area contributed by atoms with E-state index < -0.39 is 0 Å². The second-order valence-corrected chi connectivity index (χ2v) is 12.1. The van der Waals surface area contributed by atoms with Gasteiger partial charge in [-0.1, -0.05) is 115 Å². The van der Waals surface area contributed by atoms with Gasteiger partial charge in [0.25, 0.3) is 0 Å². The first-order valence-electron chi connectivity index (χ1n) is 16.3. The fraction of sp³-hybridized carbons (Fsp3) is 0. The monoisotopic (exact) mass is 627 g/mol. The van der Waals surface area contributed by atoms with Crippen LogP contribution >= 0.6 is 0 Å². The van der Waals surface area contributed by atoms with E-state index in [2.05, 4.69) is 126 Å². The van der Waals surface area contributed by atoms with Gasteiger partial charge in [0.15, 0.2) is 5.82 Å². The topological polar surface area (TPSA) is 51.8 Å². The Labute approximate surface area is 284 Å². The summed E-state index contributed by atoms with van der Waals surface area (Å²) < 4.78 is 6.29. The van der Waals surface area contributed by atoms with Crippen LogP contribution in [0.2, 0.25) is 0 Å². The van der Waals surface area contributed by atoms with Crippen LogP contribution in [0.5, 0.6) is 0 Å². The third-order valence-corrected chi connectivity index (χ3v) is 8.96. The van der Waals surface area contributed by atoms with Crippen LogP contribution in [0.3, 0.4) is 0 Å². The summed E-state index contributed by atoms with van der Waals surface area (Å²) in [4.78, 5) is 14.7. The number of para-hydroxylation sites is 1. The minimum absolute atomic E-state index is 0.675. The molecule has 3 heterocycles. The molecule has 0 fully saturated rings. The van der Waals surface area contributed by atoms with Crippen molar-refractivity contribution >= 4 is 21.9 Å². The van der Waals surface area contributed by atoms with Crippen molar-refractivity contribution in [2.24, 2.45) is 0 Å². The van der Waals surface area contributed by atoms with Crippen molar-refractivity contribution in [3.05, 3.63) is 176 Å². The first kappa shape index (κ1) is 28.6. The van der Waals surface area contributed by atoms with Gasteiger partial charge < -0.3 is 4.42 Å². The standard InChI is InChI=1S/C45H29N3O/c1-3-12-30(13-4-1)35-25-36(38-20-10-22-43-44(38)39-19-7-8-21-42(39)49-43)27-37(26-35)41-28-40(47-45(48-41)31-14-5-2-6-15-31)33-17-9-16-32(24-33)34-18-11-23-46-29-34/h1-29H. The third kappa shape index (κ3) is 5.45. The van der Waals surface area contributed by atoms with E-state index in [4.69, 9.17) is 14.4 Å². The van der Waals surface area contributed by atoms with Crippen molar-refractivity contribution in [2.75, 3.05) is 0 Å². The van der Waals surface area contributed by atoms with Crippen LogP contribution < -0.4 is 0 Å². The molecular weight excluding hydrogens is 599 g/mol. The van der Waals surface area contributed by atoms with E-state index >= 15 is 0 Å². The van der Waals surface area contributed by atoms with Crippen LogP contribution in [-0.2, 0) is 0 Å². The highest BCUT2D eigenvalue weighted by Gasteiger charge is 2.17. The zero-order chi connectivity index (χ0) is 32.6. The van der Waals surface area contributed by atoms with Crippen molar-refractivity contribution in [3.63, 3.8) is 0 Å². The average molecular weight is 628 g/mol. The molecular formula is C45H29N3O. The molecule has 0 aliphatic rings. The van der Waals surface area contributed by atoms with E-state index in [-0.39, 0.29) is 0 Å². The zero-order valence-electron chi connectivity index (χ0n) is 26.5. The first-order chi connectivity index (χ1) is 24.3. The predicted octanol–water partition coefficient (Wildman–Crippen LogP) is 11.8. The SMILES string of the molecule is c1ccc(-c2cc(-c3cc(-c4cccc(-c5cccnc5)c4)nc(-c4ccccc4)n3)cc(-c3cccc4oc5ccccc5c34)c2)cc1. The summed E-state index contributed by atoms with van der Waals surface area (Å²) in [5.74, 6) is 0.675. The lowest BCUT2D eigenvalue weighted by atomic mass is 9.92. The fourth-order valence-electron chi connectivity index (χ4n) is 6.59. The van der Waals surface area contributed by atoms with Crippen LogP contribution in [0.15, 0.2) is 181 Å². The second kappa shape index (κ2) is 12.2. The smallest absolute Gasteiger partial charge is 0.160 e. The Bertz CT molecular complexity index is 2590. The van der Waals surface area contributed by atoms with Crippen LogP contribution in [-0.4, -0.2) is 15.0 Å². The largest absolute Gasteiger partial charge is 0.456 e. The molecule has 6 aromatic carbocycles. The molecule has 4 nitrogen and oxygen atoms in total. The number of pyridine rings is 1. The molecule has 0 aliphatic carbocycles. The van der Waals surface area contributed by atoms with Crippen molar-refractivity contribution in [2.45, 2.75) is 0 Å². The van der Waals surface area contributed by atoms with Gasteiger partial charge >= 0.3 is 0 Å². The number of fused-ring (bicyclic) bond motifs is 3. The molecule has 9 aromatic rings. The van der Waals surface area contributed by atoms with E-state index in [1.165, 1.54) is 0 Å². The molecule has 0 N–H and O–H groups in total. The van der Waals surface area contributed by atoms with Crippen molar-refractivity contribution < 1.29 is 4.42 Å². The van der Waals surface area contributed by atoms with Gasteiger partial charge in [-0.05, 0) is 76.3 Å². The van der Waals surface area contributed by atoms with Gasteiger partial charge in [0.2, 0.25) is 0 Å². The second-order valence-electron chi connectivity index (χ2n) is 12.1. The first-order valence-corrected chi connectivity index (χ1v) is 16.3. The molecule has 0 atom stereocenters. The Morgan fingerprint density at radius 3 is 1.82 bits per heavy atom. The zero-order valence-corrected chi connectivity index (χ0v) is 26.5. The highest BCUT2D eigenvalue weighted by atomic mass is 16.3. The lowest BCUT2D eigenvalue weighted by Crippen LogP contribution is -1.97. The van der Waals surface area contributed by atoms with Gasteiger partial charge in [0.1, 0.15) is 11.2 Å². The van der Waals surface area contributed by atoms with Gasteiger partial charge in [-0.25, -0.2) is 9.97 Å². The molecule has 49 heavy (non-hydrogen) atoms. The molecule has 0 radical (unpaired) electrons. The van der Waals surface area contributed by atoms with Crippen LogP contribution in [0.25, 0.3) is 89.2 Å². The minimum atomic E-state index is 0.675. The Morgan fingerprint density at radius 2 is 1.00 bits per heavy atom. The normalized spacial score (nSPS) is 11.3. The third-order valence-electron chi connectivity index (χ3n) is 8.96. The van der Waals surface area contributed by atoms with Crippen LogP contribution in [0.1, 0.15) is 0 Å². The molecule has 9 rings (SSSR count).